The molecular formula is C32H32ClN3O2. The molecule has 1 N–H and O–H groups in total. The predicted octanol–water partition coefficient (Wildman–Crippen LogP) is 7.41. The second-order valence-electron chi connectivity index (χ2n) is 9.59. The molecule has 0 saturated carbocycles. The van der Waals surface area contributed by atoms with Gasteiger partial charge in [-0.15, -0.1) is 11.6 Å². The van der Waals surface area contributed by atoms with Crippen LogP contribution in [0, 0.1) is 0 Å². The SMILES string of the molecule is O=C(Nc1ccc(C(=O)N2CCCCc3c2ccn3CCCCCl)cc1)c1ccccc1-c1ccccc1. The van der Waals surface area contributed by atoms with Crippen molar-refractivity contribution in [1.29, 1.82) is 0 Å². The van der Waals surface area contributed by atoms with Crippen LogP contribution >= 0.6 is 11.6 Å². The molecule has 2 amide bonds. The van der Waals surface area contributed by atoms with E-state index in [0.29, 0.717) is 29.2 Å². The summed E-state index contributed by atoms with van der Waals surface area (Å²) < 4.78 is 2.28. The highest BCUT2D eigenvalue weighted by Gasteiger charge is 2.25. The van der Waals surface area contributed by atoms with E-state index in [4.69, 9.17) is 11.6 Å². The van der Waals surface area contributed by atoms with Crippen LogP contribution in [0.15, 0.2) is 91.1 Å². The second kappa shape index (κ2) is 12.1. The number of benzene rings is 3. The van der Waals surface area contributed by atoms with Crippen molar-refractivity contribution in [1.82, 2.24) is 4.57 Å². The van der Waals surface area contributed by atoms with E-state index in [9.17, 15) is 9.59 Å². The number of rotatable bonds is 8. The number of nitrogens with zero attached hydrogens (tertiary/aromatic N) is 2. The van der Waals surface area contributed by atoms with Crippen LogP contribution in [0.25, 0.3) is 11.1 Å². The Bertz CT molecular complexity index is 1400. The van der Waals surface area contributed by atoms with E-state index in [1.807, 2.05) is 59.5 Å². The first-order chi connectivity index (χ1) is 18.7. The highest BCUT2D eigenvalue weighted by molar-refractivity contribution is 6.17. The van der Waals surface area contributed by atoms with Crippen LogP contribution in [0.1, 0.15) is 52.1 Å². The van der Waals surface area contributed by atoms with Gasteiger partial charge in [-0.3, -0.25) is 9.59 Å². The fourth-order valence-electron chi connectivity index (χ4n) is 5.09. The molecule has 0 fully saturated rings. The maximum atomic E-state index is 13.6. The monoisotopic (exact) mass is 525 g/mol. The molecule has 1 aromatic heterocycles. The third kappa shape index (κ3) is 5.68. The maximum Gasteiger partial charge on any atom is 0.258 e. The third-order valence-electron chi connectivity index (χ3n) is 7.06. The molecule has 4 aromatic rings. The minimum Gasteiger partial charge on any atom is -0.350 e. The highest BCUT2D eigenvalue weighted by atomic mass is 35.5. The molecule has 194 valence electrons. The average molecular weight is 526 g/mol. The minimum atomic E-state index is -0.184. The van der Waals surface area contributed by atoms with Crippen LogP contribution in [0.3, 0.4) is 0 Å². The number of fused-ring (bicyclic) bond motifs is 1. The quantitative estimate of drug-likeness (QED) is 0.192. The summed E-state index contributed by atoms with van der Waals surface area (Å²) in [5, 5.41) is 2.99. The summed E-state index contributed by atoms with van der Waals surface area (Å²) in [4.78, 5) is 28.6. The van der Waals surface area contributed by atoms with E-state index in [1.165, 1.54) is 5.69 Å². The zero-order chi connectivity index (χ0) is 26.3. The molecule has 1 aliphatic heterocycles. The van der Waals surface area contributed by atoms with E-state index in [0.717, 1.165) is 55.5 Å². The first-order valence-corrected chi connectivity index (χ1v) is 13.8. The van der Waals surface area contributed by atoms with Crippen molar-refractivity contribution in [3.63, 3.8) is 0 Å². The third-order valence-corrected chi connectivity index (χ3v) is 7.33. The average Bonchev–Trinajstić information content (AvgIpc) is 3.23. The smallest absolute Gasteiger partial charge is 0.258 e. The van der Waals surface area contributed by atoms with Crippen LogP contribution in [0.5, 0.6) is 0 Å². The minimum absolute atomic E-state index is 0.0149. The van der Waals surface area contributed by atoms with Crippen molar-refractivity contribution in [2.24, 2.45) is 0 Å². The Balaban J connectivity index is 1.31. The van der Waals surface area contributed by atoms with Crippen LogP contribution in [0.2, 0.25) is 0 Å². The molecule has 0 saturated heterocycles. The molecule has 0 spiro atoms. The number of anilines is 2. The number of amides is 2. The van der Waals surface area contributed by atoms with Gasteiger partial charge in [0.2, 0.25) is 0 Å². The van der Waals surface area contributed by atoms with Gasteiger partial charge >= 0.3 is 0 Å². The Morgan fingerprint density at radius 2 is 1.61 bits per heavy atom. The summed E-state index contributed by atoms with van der Waals surface area (Å²) >= 11 is 5.86. The van der Waals surface area contributed by atoms with Crippen molar-refractivity contribution < 1.29 is 9.59 Å². The highest BCUT2D eigenvalue weighted by Crippen LogP contribution is 2.30. The van der Waals surface area contributed by atoms with Gasteiger partial charge in [-0.1, -0.05) is 48.5 Å². The molecule has 5 rings (SSSR count). The summed E-state index contributed by atoms with van der Waals surface area (Å²) in [7, 11) is 0. The predicted molar refractivity (Wildman–Crippen MR) is 155 cm³/mol. The zero-order valence-corrected chi connectivity index (χ0v) is 22.2. The van der Waals surface area contributed by atoms with E-state index < -0.39 is 0 Å². The summed E-state index contributed by atoms with van der Waals surface area (Å²) in [6.45, 7) is 1.62. The fourth-order valence-corrected chi connectivity index (χ4v) is 5.28. The first kappa shape index (κ1) is 25.8. The van der Waals surface area contributed by atoms with Crippen LogP contribution in [0.4, 0.5) is 11.4 Å². The van der Waals surface area contributed by atoms with Gasteiger partial charge in [0.15, 0.2) is 0 Å². The molecule has 0 bridgehead atoms. The lowest BCUT2D eigenvalue weighted by Crippen LogP contribution is -2.31. The number of aromatic nitrogens is 1. The van der Waals surface area contributed by atoms with Crippen molar-refractivity contribution >= 4 is 34.8 Å². The van der Waals surface area contributed by atoms with E-state index in [1.54, 1.807) is 24.3 Å². The standard InChI is InChI=1S/C32H32ClN3O2/c33-20-7-9-21-35-23-19-30-29(35)14-6-8-22-36(30)32(38)25-15-17-26(18-16-25)34-31(37)28-13-5-4-12-27(28)24-10-2-1-3-11-24/h1-5,10-13,15-19,23H,6-9,14,20-22H2,(H,34,37). The van der Waals surface area contributed by atoms with Crippen molar-refractivity contribution in [2.75, 3.05) is 22.6 Å². The van der Waals surface area contributed by atoms with Gasteiger partial charge in [-0.2, -0.15) is 0 Å². The van der Waals surface area contributed by atoms with Crippen molar-refractivity contribution in [2.45, 2.75) is 38.6 Å². The molecule has 5 nitrogen and oxygen atoms in total. The molecule has 2 heterocycles. The van der Waals surface area contributed by atoms with Gasteiger partial charge in [-0.05, 0) is 79.6 Å². The lowest BCUT2D eigenvalue weighted by Gasteiger charge is -2.22. The van der Waals surface area contributed by atoms with Gasteiger partial charge in [0, 0.05) is 47.7 Å². The fraction of sp³-hybridized carbons (Fsp3) is 0.250. The Labute approximate surface area is 229 Å². The zero-order valence-electron chi connectivity index (χ0n) is 21.4. The number of carbonyl (C=O) groups is 2. The summed E-state index contributed by atoms with van der Waals surface area (Å²) in [5.74, 6) is 0.472. The topological polar surface area (TPSA) is 54.3 Å². The molecule has 6 heteroatoms. The van der Waals surface area contributed by atoms with Gasteiger partial charge in [0.25, 0.3) is 11.8 Å². The molecule has 1 aliphatic rings. The Kier molecular flexibility index (Phi) is 8.25. The van der Waals surface area contributed by atoms with Crippen LogP contribution < -0.4 is 10.2 Å². The number of carbonyl (C=O) groups excluding carboxylic acids is 2. The number of alkyl halides is 1. The normalized spacial score (nSPS) is 13.0. The first-order valence-electron chi connectivity index (χ1n) is 13.3. The number of hydrogen-bond donors (Lipinski definition) is 1. The number of aryl methyl sites for hydroxylation is 1. The molecule has 3 aromatic carbocycles. The summed E-state index contributed by atoms with van der Waals surface area (Å²) in [5.41, 5.74) is 5.96. The van der Waals surface area contributed by atoms with Gasteiger partial charge in [-0.25, -0.2) is 0 Å². The number of nitrogens with one attached hydrogen (secondary N) is 1. The van der Waals surface area contributed by atoms with Crippen LogP contribution in [-0.2, 0) is 13.0 Å². The summed E-state index contributed by atoms with van der Waals surface area (Å²) in [6, 6.07) is 26.7. The van der Waals surface area contributed by atoms with E-state index in [2.05, 4.69) is 22.1 Å². The largest absolute Gasteiger partial charge is 0.350 e. The Morgan fingerprint density at radius 1 is 0.842 bits per heavy atom. The molecule has 0 radical (unpaired) electrons. The van der Waals surface area contributed by atoms with Crippen molar-refractivity contribution in [3.8, 4) is 11.1 Å². The van der Waals surface area contributed by atoms with Crippen LogP contribution in [-0.4, -0.2) is 28.8 Å². The van der Waals surface area contributed by atoms with Crippen molar-refractivity contribution in [3.05, 3.63) is 108 Å². The maximum absolute atomic E-state index is 13.6. The summed E-state index contributed by atoms with van der Waals surface area (Å²) in [6.07, 6.45) is 7.11. The number of halogens is 1. The number of unbranched alkanes of at least 4 members (excludes halogenated alkanes) is 1. The molecule has 38 heavy (non-hydrogen) atoms. The lowest BCUT2D eigenvalue weighted by atomic mass is 9.99. The Morgan fingerprint density at radius 3 is 2.39 bits per heavy atom. The van der Waals surface area contributed by atoms with Gasteiger partial charge in [0.1, 0.15) is 0 Å². The second-order valence-corrected chi connectivity index (χ2v) is 9.97. The number of hydrogen-bond acceptors (Lipinski definition) is 2. The van der Waals surface area contributed by atoms with E-state index in [-0.39, 0.29) is 11.8 Å². The molecule has 0 unspecified atom stereocenters. The van der Waals surface area contributed by atoms with E-state index >= 15 is 0 Å². The van der Waals surface area contributed by atoms with Gasteiger partial charge < -0.3 is 14.8 Å². The molecule has 0 atom stereocenters. The lowest BCUT2D eigenvalue weighted by molar-refractivity contribution is 0.0985. The molecular weight excluding hydrogens is 494 g/mol. The molecule has 0 aliphatic carbocycles. The Hall–Kier alpha value is -3.83. The van der Waals surface area contributed by atoms with Gasteiger partial charge in [0.05, 0.1) is 5.69 Å².